The van der Waals surface area contributed by atoms with Crippen LogP contribution in [0.25, 0.3) is 0 Å². The van der Waals surface area contributed by atoms with Gasteiger partial charge in [0.05, 0.1) is 6.04 Å². The zero-order valence-corrected chi connectivity index (χ0v) is 9.04. The summed E-state index contributed by atoms with van der Waals surface area (Å²) < 4.78 is 0. The molecule has 1 atom stereocenters. The van der Waals surface area contributed by atoms with Gasteiger partial charge < -0.3 is 16.0 Å². The number of rotatable bonds is 6. The normalized spacial score (nSPS) is 12.2. The topological polar surface area (TPSA) is 75.4 Å². The molecule has 3 N–H and O–H groups in total. The summed E-state index contributed by atoms with van der Waals surface area (Å²) in [6.45, 7) is 2.33. The summed E-state index contributed by atoms with van der Waals surface area (Å²) in [5.41, 5.74) is 5.05. The summed E-state index contributed by atoms with van der Waals surface area (Å²) in [5.74, 6) is -0.275. The quantitative estimate of drug-likeness (QED) is 0.559. The van der Waals surface area contributed by atoms with Crippen molar-refractivity contribution >= 4 is 11.8 Å². The van der Waals surface area contributed by atoms with Gasteiger partial charge in [0.2, 0.25) is 11.8 Å². The fourth-order valence-electron chi connectivity index (χ4n) is 0.882. The van der Waals surface area contributed by atoms with Crippen LogP contribution >= 0.6 is 0 Å². The molecule has 0 aliphatic rings. The summed E-state index contributed by atoms with van der Waals surface area (Å²) in [5, 5.41) is 2.93. The van der Waals surface area contributed by atoms with Crippen LogP contribution in [0.4, 0.5) is 0 Å². The lowest BCUT2D eigenvalue weighted by Gasteiger charge is -2.11. The first-order valence-electron chi connectivity index (χ1n) is 4.68. The van der Waals surface area contributed by atoms with Crippen molar-refractivity contribution in [3.63, 3.8) is 0 Å². The third-order valence-electron chi connectivity index (χ3n) is 1.94. The van der Waals surface area contributed by atoms with Gasteiger partial charge in [0.25, 0.3) is 0 Å². The van der Waals surface area contributed by atoms with Crippen molar-refractivity contribution in [1.29, 1.82) is 0 Å². The van der Waals surface area contributed by atoms with Gasteiger partial charge in [0.15, 0.2) is 0 Å². The second-order valence-electron chi connectivity index (χ2n) is 3.47. The van der Waals surface area contributed by atoms with E-state index in [1.54, 1.807) is 25.9 Å². The SMILES string of the molecule is CC(NCCCC(=O)N(C)C)C(N)=O. The Labute approximate surface area is 84.6 Å². The van der Waals surface area contributed by atoms with Crippen molar-refractivity contribution in [3.8, 4) is 0 Å². The van der Waals surface area contributed by atoms with Crippen LogP contribution < -0.4 is 11.1 Å². The van der Waals surface area contributed by atoms with Gasteiger partial charge in [-0.1, -0.05) is 0 Å². The third-order valence-corrected chi connectivity index (χ3v) is 1.94. The zero-order chi connectivity index (χ0) is 11.1. The van der Waals surface area contributed by atoms with Crippen molar-refractivity contribution in [1.82, 2.24) is 10.2 Å². The minimum atomic E-state index is -0.371. The predicted octanol–water partition coefficient (Wildman–Crippen LogP) is -0.682. The molecular formula is C9H19N3O2. The van der Waals surface area contributed by atoms with Crippen LogP contribution in [0, 0.1) is 0 Å². The second-order valence-corrected chi connectivity index (χ2v) is 3.47. The van der Waals surface area contributed by atoms with Gasteiger partial charge in [0, 0.05) is 20.5 Å². The predicted molar refractivity (Wildman–Crippen MR) is 54.6 cm³/mol. The molecule has 14 heavy (non-hydrogen) atoms. The highest BCUT2D eigenvalue weighted by atomic mass is 16.2. The lowest BCUT2D eigenvalue weighted by molar-refractivity contribution is -0.128. The Morgan fingerprint density at radius 2 is 2.00 bits per heavy atom. The van der Waals surface area contributed by atoms with Gasteiger partial charge in [-0.05, 0) is 19.9 Å². The lowest BCUT2D eigenvalue weighted by atomic mass is 10.2. The Balaban J connectivity index is 3.47. The van der Waals surface area contributed by atoms with E-state index in [0.29, 0.717) is 19.4 Å². The van der Waals surface area contributed by atoms with Crippen molar-refractivity contribution < 1.29 is 9.59 Å². The van der Waals surface area contributed by atoms with Crippen molar-refractivity contribution in [2.75, 3.05) is 20.6 Å². The molecule has 1 unspecified atom stereocenters. The molecule has 0 heterocycles. The Morgan fingerprint density at radius 3 is 2.43 bits per heavy atom. The number of nitrogens with zero attached hydrogens (tertiary/aromatic N) is 1. The van der Waals surface area contributed by atoms with Crippen LogP contribution in [0.5, 0.6) is 0 Å². The molecule has 5 heteroatoms. The van der Waals surface area contributed by atoms with Crippen LogP contribution in [0.2, 0.25) is 0 Å². The van der Waals surface area contributed by atoms with Gasteiger partial charge >= 0.3 is 0 Å². The smallest absolute Gasteiger partial charge is 0.234 e. The second kappa shape index (κ2) is 6.37. The summed E-state index contributed by atoms with van der Waals surface area (Å²) in [7, 11) is 3.45. The van der Waals surface area contributed by atoms with E-state index in [-0.39, 0.29) is 17.9 Å². The van der Waals surface area contributed by atoms with Crippen LogP contribution in [0.3, 0.4) is 0 Å². The molecule has 0 aliphatic carbocycles. The van der Waals surface area contributed by atoms with Gasteiger partial charge in [0.1, 0.15) is 0 Å². The molecule has 0 bridgehead atoms. The Hall–Kier alpha value is -1.10. The average molecular weight is 201 g/mol. The summed E-state index contributed by atoms with van der Waals surface area (Å²) >= 11 is 0. The van der Waals surface area contributed by atoms with E-state index >= 15 is 0 Å². The van der Waals surface area contributed by atoms with E-state index in [2.05, 4.69) is 5.32 Å². The number of carbonyl (C=O) groups is 2. The molecule has 0 rings (SSSR count). The molecule has 0 radical (unpaired) electrons. The number of hydrogen-bond donors (Lipinski definition) is 2. The van der Waals surface area contributed by atoms with Crippen molar-refractivity contribution in [2.45, 2.75) is 25.8 Å². The maximum atomic E-state index is 11.1. The van der Waals surface area contributed by atoms with Gasteiger partial charge in [-0.3, -0.25) is 9.59 Å². The van der Waals surface area contributed by atoms with E-state index in [9.17, 15) is 9.59 Å². The molecule has 0 aromatic rings. The minimum Gasteiger partial charge on any atom is -0.368 e. The molecule has 0 saturated heterocycles. The largest absolute Gasteiger partial charge is 0.368 e. The van der Waals surface area contributed by atoms with Crippen LogP contribution in [0.1, 0.15) is 19.8 Å². The van der Waals surface area contributed by atoms with Crippen LogP contribution in [0.15, 0.2) is 0 Å². The monoisotopic (exact) mass is 201 g/mol. The zero-order valence-electron chi connectivity index (χ0n) is 9.04. The number of nitrogens with two attached hydrogens (primary N) is 1. The average Bonchev–Trinajstić information content (AvgIpc) is 2.11. The van der Waals surface area contributed by atoms with Crippen LogP contribution in [-0.2, 0) is 9.59 Å². The highest BCUT2D eigenvalue weighted by Gasteiger charge is 2.07. The van der Waals surface area contributed by atoms with Gasteiger partial charge in [-0.2, -0.15) is 0 Å². The Morgan fingerprint density at radius 1 is 1.43 bits per heavy atom. The van der Waals surface area contributed by atoms with E-state index in [1.165, 1.54) is 0 Å². The highest BCUT2D eigenvalue weighted by Crippen LogP contribution is 1.92. The fourth-order valence-corrected chi connectivity index (χ4v) is 0.882. The minimum absolute atomic E-state index is 0.0959. The molecule has 0 aromatic heterocycles. The molecule has 0 fully saturated rings. The van der Waals surface area contributed by atoms with E-state index in [0.717, 1.165) is 0 Å². The molecule has 2 amide bonds. The first kappa shape index (κ1) is 12.9. The fraction of sp³-hybridized carbons (Fsp3) is 0.778. The molecule has 0 aromatic carbocycles. The molecule has 0 aliphatic heterocycles. The highest BCUT2D eigenvalue weighted by molar-refractivity contribution is 5.79. The number of carbonyl (C=O) groups excluding carboxylic acids is 2. The summed E-state index contributed by atoms with van der Waals surface area (Å²) in [6.07, 6.45) is 1.21. The van der Waals surface area contributed by atoms with E-state index in [1.807, 2.05) is 0 Å². The first-order valence-corrected chi connectivity index (χ1v) is 4.68. The summed E-state index contributed by atoms with van der Waals surface area (Å²) in [4.78, 5) is 23.3. The number of hydrogen-bond acceptors (Lipinski definition) is 3. The maximum absolute atomic E-state index is 11.1. The Kier molecular flexibility index (Phi) is 5.87. The summed E-state index contributed by atoms with van der Waals surface area (Å²) in [6, 6.07) is -0.329. The van der Waals surface area contributed by atoms with Crippen molar-refractivity contribution in [2.24, 2.45) is 5.73 Å². The van der Waals surface area contributed by atoms with Crippen molar-refractivity contribution in [3.05, 3.63) is 0 Å². The number of nitrogens with one attached hydrogen (secondary N) is 1. The molecule has 82 valence electrons. The first-order chi connectivity index (χ1) is 6.45. The van der Waals surface area contributed by atoms with Gasteiger partial charge in [-0.15, -0.1) is 0 Å². The molecule has 0 spiro atoms. The lowest BCUT2D eigenvalue weighted by Crippen LogP contribution is -2.39. The third kappa shape index (κ3) is 5.53. The van der Waals surface area contributed by atoms with Crippen LogP contribution in [-0.4, -0.2) is 43.4 Å². The van der Waals surface area contributed by atoms with Gasteiger partial charge in [-0.25, -0.2) is 0 Å². The molecular weight excluding hydrogens is 182 g/mol. The standard InChI is InChI=1S/C9H19N3O2/c1-7(9(10)14)11-6-4-5-8(13)12(2)3/h7,11H,4-6H2,1-3H3,(H2,10,14). The molecule has 5 nitrogen and oxygen atoms in total. The van der Waals surface area contributed by atoms with E-state index < -0.39 is 0 Å². The number of amides is 2. The Bertz CT molecular complexity index is 204. The maximum Gasteiger partial charge on any atom is 0.234 e. The van der Waals surface area contributed by atoms with E-state index in [4.69, 9.17) is 5.73 Å². The number of primary amides is 1. The molecule has 0 saturated carbocycles.